The van der Waals surface area contributed by atoms with Gasteiger partial charge in [0.1, 0.15) is 0 Å². The molecule has 1 fully saturated rings. The molecule has 0 atom stereocenters. The van der Waals surface area contributed by atoms with Crippen LogP contribution in [-0.4, -0.2) is 12.6 Å². The standard InChI is InChI=1S/C7H11O3/c8-5-9-6-10-7-3-1-2-4-7/h5-7H,1-4H2. The van der Waals surface area contributed by atoms with Gasteiger partial charge in [-0.15, -0.1) is 0 Å². The summed E-state index contributed by atoms with van der Waals surface area (Å²) in [5.74, 6) is 0. The fraction of sp³-hybridized carbons (Fsp3) is 0.714. The summed E-state index contributed by atoms with van der Waals surface area (Å²) < 4.78 is 9.33. The molecule has 0 saturated heterocycles. The van der Waals surface area contributed by atoms with Gasteiger partial charge in [-0.05, 0) is 12.8 Å². The summed E-state index contributed by atoms with van der Waals surface area (Å²) in [5, 5.41) is 0. The van der Waals surface area contributed by atoms with E-state index >= 15 is 0 Å². The Labute approximate surface area is 60.3 Å². The maximum atomic E-state index is 9.65. The Morgan fingerprint density at radius 1 is 1.30 bits per heavy atom. The third-order valence-corrected chi connectivity index (χ3v) is 1.66. The summed E-state index contributed by atoms with van der Waals surface area (Å²) in [6.07, 6.45) is 4.89. The molecule has 0 aromatic carbocycles. The Kier molecular flexibility index (Phi) is 3.22. The molecule has 1 radical (unpaired) electrons. The van der Waals surface area contributed by atoms with E-state index in [1.807, 2.05) is 0 Å². The second kappa shape index (κ2) is 4.28. The van der Waals surface area contributed by atoms with E-state index in [0.29, 0.717) is 6.47 Å². The van der Waals surface area contributed by atoms with Crippen molar-refractivity contribution in [1.29, 1.82) is 0 Å². The van der Waals surface area contributed by atoms with Gasteiger partial charge in [0.25, 0.3) is 13.3 Å². The van der Waals surface area contributed by atoms with Crippen molar-refractivity contribution in [2.75, 3.05) is 0 Å². The molecule has 10 heavy (non-hydrogen) atoms. The topological polar surface area (TPSA) is 35.5 Å². The zero-order chi connectivity index (χ0) is 7.23. The van der Waals surface area contributed by atoms with Gasteiger partial charge in [0.2, 0.25) is 0 Å². The van der Waals surface area contributed by atoms with E-state index in [1.54, 1.807) is 0 Å². The number of carbonyl (C=O) groups excluding carboxylic acids is 1. The van der Waals surface area contributed by atoms with Crippen molar-refractivity contribution >= 4 is 6.47 Å². The van der Waals surface area contributed by atoms with Crippen LogP contribution in [0.2, 0.25) is 0 Å². The molecule has 0 N–H and O–H groups in total. The summed E-state index contributed by atoms with van der Waals surface area (Å²) >= 11 is 0. The molecule has 3 heteroatoms. The Morgan fingerprint density at radius 3 is 2.60 bits per heavy atom. The molecule has 0 heterocycles. The zero-order valence-corrected chi connectivity index (χ0v) is 5.79. The molecular weight excluding hydrogens is 132 g/mol. The Balaban J connectivity index is 1.96. The van der Waals surface area contributed by atoms with Gasteiger partial charge in [0.15, 0.2) is 0 Å². The van der Waals surface area contributed by atoms with Crippen LogP contribution < -0.4 is 0 Å². The fourth-order valence-corrected chi connectivity index (χ4v) is 1.16. The number of hydrogen-bond donors (Lipinski definition) is 0. The predicted molar refractivity (Wildman–Crippen MR) is 34.8 cm³/mol. The minimum absolute atomic E-state index is 0.278. The minimum Gasteiger partial charge on any atom is -0.431 e. The molecule has 1 saturated carbocycles. The van der Waals surface area contributed by atoms with Crippen molar-refractivity contribution < 1.29 is 14.3 Å². The zero-order valence-electron chi connectivity index (χ0n) is 5.79. The van der Waals surface area contributed by atoms with Crippen LogP contribution in [-0.2, 0) is 14.3 Å². The van der Waals surface area contributed by atoms with Crippen molar-refractivity contribution in [2.45, 2.75) is 31.8 Å². The van der Waals surface area contributed by atoms with Gasteiger partial charge in [-0.2, -0.15) is 0 Å². The van der Waals surface area contributed by atoms with Crippen molar-refractivity contribution in [3.63, 3.8) is 0 Å². The minimum atomic E-state index is 0.278. The largest absolute Gasteiger partial charge is 0.431 e. The van der Waals surface area contributed by atoms with Crippen LogP contribution in [0.1, 0.15) is 25.7 Å². The third-order valence-electron chi connectivity index (χ3n) is 1.66. The maximum Gasteiger partial charge on any atom is 0.295 e. The first-order valence-corrected chi connectivity index (χ1v) is 3.50. The van der Waals surface area contributed by atoms with E-state index in [0.717, 1.165) is 19.6 Å². The van der Waals surface area contributed by atoms with Gasteiger partial charge in [-0.1, -0.05) is 12.8 Å². The summed E-state index contributed by atoms with van der Waals surface area (Å²) in [5.41, 5.74) is 0. The second-order valence-corrected chi connectivity index (χ2v) is 2.37. The quantitative estimate of drug-likeness (QED) is 0.438. The summed E-state index contributed by atoms with van der Waals surface area (Å²) in [6, 6.07) is 0. The SMILES string of the molecule is O=CO[CH]OC1CCCC1. The van der Waals surface area contributed by atoms with Crippen LogP contribution in [0.25, 0.3) is 0 Å². The van der Waals surface area contributed by atoms with Crippen molar-refractivity contribution in [2.24, 2.45) is 0 Å². The highest BCUT2D eigenvalue weighted by Gasteiger charge is 2.15. The van der Waals surface area contributed by atoms with Crippen LogP contribution in [0.15, 0.2) is 0 Å². The molecule has 1 rings (SSSR count). The molecule has 0 aliphatic heterocycles. The number of rotatable bonds is 4. The first-order chi connectivity index (χ1) is 4.93. The molecule has 1 aliphatic rings. The molecule has 57 valence electrons. The van der Waals surface area contributed by atoms with E-state index in [2.05, 4.69) is 4.74 Å². The van der Waals surface area contributed by atoms with Gasteiger partial charge in [-0.25, -0.2) is 0 Å². The first-order valence-electron chi connectivity index (χ1n) is 3.50. The lowest BCUT2D eigenvalue weighted by Crippen LogP contribution is -2.05. The summed E-state index contributed by atoms with van der Waals surface area (Å²) in [4.78, 5) is 9.65. The lowest BCUT2D eigenvalue weighted by molar-refractivity contribution is -0.133. The Bertz CT molecular complexity index is 97.0. The lowest BCUT2D eigenvalue weighted by atomic mass is 10.3. The molecule has 1 aliphatic carbocycles. The predicted octanol–water partition coefficient (Wildman–Crippen LogP) is 1.24. The lowest BCUT2D eigenvalue weighted by Gasteiger charge is -2.06. The Morgan fingerprint density at radius 2 is 2.00 bits per heavy atom. The first kappa shape index (κ1) is 7.54. The molecular formula is C7H11O3. The third kappa shape index (κ3) is 2.35. The van der Waals surface area contributed by atoms with Crippen LogP contribution in [0, 0.1) is 6.79 Å². The monoisotopic (exact) mass is 143 g/mol. The summed E-state index contributed by atoms with van der Waals surface area (Å²) in [7, 11) is 0. The number of ether oxygens (including phenoxy) is 2. The molecule has 3 nitrogen and oxygen atoms in total. The highest BCUT2D eigenvalue weighted by atomic mass is 16.7. The Hall–Kier alpha value is -0.570. The van der Waals surface area contributed by atoms with Crippen LogP contribution in [0.3, 0.4) is 0 Å². The van der Waals surface area contributed by atoms with Crippen LogP contribution >= 0.6 is 0 Å². The van der Waals surface area contributed by atoms with Crippen molar-refractivity contribution in [3.05, 3.63) is 6.79 Å². The van der Waals surface area contributed by atoms with Gasteiger partial charge >= 0.3 is 0 Å². The average molecular weight is 143 g/mol. The highest BCUT2D eigenvalue weighted by molar-refractivity contribution is 5.37. The molecule has 0 aromatic heterocycles. The van der Waals surface area contributed by atoms with E-state index in [1.165, 1.54) is 12.8 Å². The number of hydrogen-bond acceptors (Lipinski definition) is 3. The average Bonchev–Trinajstić information content (AvgIpc) is 2.41. The second-order valence-electron chi connectivity index (χ2n) is 2.37. The van der Waals surface area contributed by atoms with E-state index in [-0.39, 0.29) is 6.10 Å². The molecule has 0 bridgehead atoms. The van der Waals surface area contributed by atoms with E-state index < -0.39 is 0 Å². The van der Waals surface area contributed by atoms with Crippen molar-refractivity contribution in [3.8, 4) is 0 Å². The van der Waals surface area contributed by atoms with Gasteiger partial charge < -0.3 is 9.47 Å². The normalized spacial score (nSPS) is 19.2. The maximum absolute atomic E-state index is 9.65. The van der Waals surface area contributed by atoms with Crippen LogP contribution in [0.4, 0.5) is 0 Å². The fourth-order valence-electron chi connectivity index (χ4n) is 1.16. The van der Waals surface area contributed by atoms with Crippen molar-refractivity contribution in [1.82, 2.24) is 0 Å². The summed E-state index contributed by atoms with van der Waals surface area (Å²) in [6.45, 7) is 1.47. The number of carbonyl (C=O) groups is 1. The van der Waals surface area contributed by atoms with Gasteiger partial charge in [0, 0.05) is 0 Å². The van der Waals surface area contributed by atoms with E-state index in [4.69, 9.17) is 4.74 Å². The highest BCUT2D eigenvalue weighted by Crippen LogP contribution is 2.21. The van der Waals surface area contributed by atoms with E-state index in [9.17, 15) is 4.79 Å². The smallest absolute Gasteiger partial charge is 0.295 e. The molecule has 0 amide bonds. The van der Waals surface area contributed by atoms with Gasteiger partial charge in [-0.3, -0.25) is 4.79 Å². The molecule has 0 unspecified atom stereocenters. The van der Waals surface area contributed by atoms with Gasteiger partial charge in [0.05, 0.1) is 6.10 Å². The van der Waals surface area contributed by atoms with Crippen LogP contribution in [0.5, 0.6) is 0 Å². The molecule has 0 spiro atoms. The molecule has 0 aromatic rings.